The van der Waals surface area contributed by atoms with E-state index in [1.54, 1.807) is 0 Å². The first-order chi connectivity index (χ1) is 11.6. The lowest BCUT2D eigenvalue weighted by Crippen LogP contribution is -2.43. The number of nitrogens with zero attached hydrogens (tertiary/aromatic N) is 1. The first-order valence-electron chi connectivity index (χ1n) is 9.30. The van der Waals surface area contributed by atoms with Crippen molar-refractivity contribution in [3.63, 3.8) is 0 Å². The summed E-state index contributed by atoms with van der Waals surface area (Å²) in [5.74, 6) is 0.843. The maximum absolute atomic E-state index is 12.4. The van der Waals surface area contributed by atoms with Crippen LogP contribution in [0.4, 0.5) is 0 Å². The zero-order valence-corrected chi connectivity index (χ0v) is 14.9. The molecule has 3 rings (SSSR count). The quantitative estimate of drug-likeness (QED) is 0.902. The SMILES string of the molecule is C[C@@H]1CC(NC[C@H]2CCN(C(=O)Cc3ccccc3)C2)C[C@@H](C)O1. The van der Waals surface area contributed by atoms with E-state index in [0.29, 0.717) is 30.6 Å². The molecule has 4 heteroatoms. The van der Waals surface area contributed by atoms with Gasteiger partial charge in [-0.15, -0.1) is 0 Å². The molecule has 2 fully saturated rings. The lowest BCUT2D eigenvalue weighted by molar-refractivity contribution is -0.129. The van der Waals surface area contributed by atoms with Gasteiger partial charge in [0.25, 0.3) is 0 Å². The summed E-state index contributed by atoms with van der Waals surface area (Å²) in [5, 5.41) is 3.72. The number of likely N-dealkylation sites (tertiary alicyclic amines) is 1. The summed E-state index contributed by atoms with van der Waals surface area (Å²) in [7, 11) is 0. The Balaban J connectivity index is 1.41. The van der Waals surface area contributed by atoms with Crippen molar-refractivity contribution in [1.82, 2.24) is 10.2 Å². The lowest BCUT2D eigenvalue weighted by atomic mass is 9.99. The Morgan fingerprint density at radius 2 is 1.92 bits per heavy atom. The van der Waals surface area contributed by atoms with Gasteiger partial charge in [-0.1, -0.05) is 30.3 Å². The fourth-order valence-corrected chi connectivity index (χ4v) is 4.01. The topological polar surface area (TPSA) is 41.6 Å². The summed E-state index contributed by atoms with van der Waals surface area (Å²) in [5.41, 5.74) is 1.11. The minimum absolute atomic E-state index is 0.261. The average Bonchev–Trinajstić information content (AvgIpc) is 3.02. The fraction of sp³-hybridized carbons (Fsp3) is 0.650. The van der Waals surface area contributed by atoms with Crippen molar-refractivity contribution in [2.45, 2.75) is 57.8 Å². The van der Waals surface area contributed by atoms with Crippen molar-refractivity contribution in [3.05, 3.63) is 35.9 Å². The molecular formula is C20H30N2O2. The molecule has 0 bridgehead atoms. The van der Waals surface area contributed by atoms with Crippen LogP contribution in [0.1, 0.15) is 38.7 Å². The molecule has 0 unspecified atom stereocenters. The summed E-state index contributed by atoms with van der Waals surface area (Å²) in [6, 6.07) is 10.6. The van der Waals surface area contributed by atoms with Gasteiger partial charge < -0.3 is 15.0 Å². The molecule has 3 atom stereocenters. The highest BCUT2D eigenvalue weighted by atomic mass is 16.5. The Kier molecular flexibility index (Phi) is 5.90. The molecule has 1 aromatic rings. The van der Waals surface area contributed by atoms with E-state index in [2.05, 4.69) is 19.2 Å². The summed E-state index contributed by atoms with van der Waals surface area (Å²) < 4.78 is 5.80. The molecule has 0 spiro atoms. The van der Waals surface area contributed by atoms with Gasteiger partial charge in [0.1, 0.15) is 0 Å². The zero-order valence-electron chi connectivity index (χ0n) is 14.9. The number of carbonyl (C=O) groups is 1. The molecule has 2 aliphatic rings. The maximum Gasteiger partial charge on any atom is 0.226 e. The average molecular weight is 330 g/mol. The molecular weight excluding hydrogens is 300 g/mol. The van der Waals surface area contributed by atoms with Gasteiger partial charge >= 0.3 is 0 Å². The number of carbonyl (C=O) groups excluding carboxylic acids is 1. The standard InChI is InChI=1S/C20H30N2O2/c1-15-10-19(11-16(2)24-15)21-13-18-8-9-22(14-18)20(23)12-17-6-4-3-5-7-17/h3-7,15-16,18-19,21H,8-14H2,1-2H3/t15-,16-,18-/m1/s1. The highest BCUT2D eigenvalue weighted by Crippen LogP contribution is 2.21. The van der Waals surface area contributed by atoms with Crippen LogP contribution in [0, 0.1) is 5.92 Å². The number of amides is 1. The van der Waals surface area contributed by atoms with E-state index < -0.39 is 0 Å². The van der Waals surface area contributed by atoms with Gasteiger partial charge in [0, 0.05) is 19.1 Å². The number of nitrogens with one attached hydrogen (secondary N) is 1. The highest BCUT2D eigenvalue weighted by molar-refractivity contribution is 5.79. The molecule has 1 aromatic carbocycles. The van der Waals surface area contributed by atoms with Crippen LogP contribution in [0.25, 0.3) is 0 Å². The lowest BCUT2D eigenvalue weighted by Gasteiger charge is -2.33. The number of hydrogen-bond acceptors (Lipinski definition) is 3. The summed E-state index contributed by atoms with van der Waals surface area (Å²) in [6.07, 6.45) is 4.51. The summed E-state index contributed by atoms with van der Waals surface area (Å²) in [4.78, 5) is 14.5. The molecule has 1 N–H and O–H groups in total. The fourth-order valence-electron chi connectivity index (χ4n) is 4.01. The van der Waals surface area contributed by atoms with E-state index in [9.17, 15) is 4.79 Å². The van der Waals surface area contributed by atoms with Crippen LogP contribution >= 0.6 is 0 Å². The van der Waals surface area contributed by atoms with E-state index in [0.717, 1.165) is 44.5 Å². The van der Waals surface area contributed by atoms with Gasteiger partial charge in [0.05, 0.1) is 18.6 Å². The Morgan fingerprint density at radius 3 is 2.62 bits per heavy atom. The third-order valence-electron chi connectivity index (χ3n) is 5.23. The molecule has 1 amide bonds. The van der Waals surface area contributed by atoms with E-state index in [4.69, 9.17) is 4.74 Å². The van der Waals surface area contributed by atoms with Gasteiger partial charge in [-0.3, -0.25) is 4.79 Å². The molecule has 2 heterocycles. The van der Waals surface area contributed by atoms with Crippen molar-refractivity contribution < 1.29 is 9.53 Å². The molecule has 0 aromatic heterocycles. The van der Waals surface area contributed by atoms with Crippen LogP contribution < -0.4 is 5.32 Å². The van der Waals surface area contributed by atoms with Crippen LogP contribution in [0.3, 0.4) is 0 Å². The maximum atomic E-state index is 12.4. The predicted molar refractivity (Wildman–Crippen MR) is 95.9 cm³/mol. The number of rotatable bonds is 5. The minimum atomic E-state index is 0.261. The van der Waals surface area contributed by atoms with E-state index >= 15 is 0 Å². The monoisotopic (exact) mass is 330 g/mol. The molecule has 4 nitrogen and oxygen atoms in total. The number of hydrogen-bond donors (Lipinski definition) is 1. The van der Waals surface area contributed by atoms with Crippen molar-refractivity contribution in [3.8, 4) is 0 Å². The smallest absolute Gasteiger partial charge is 0.226 e. The van der Waals surface area contributed by atoms with Crippen molar-refractivity contribution in [1.29, 1.82) is 0 Å². The van der Waals surface area contributed by atoms with Gasteiger partial charge in [0.15, 0.2) is 0 Å². The second kappa shape index (κ2) is 8.13. The molecule has 0 saturated carbocycles. The second-order valence-electron chi connectivity index (χ2n) is 7.49. The van der Waals surface area contributed by atoms with E-state index in [1.807, 2.05) is 35.2 Å². The van der Waals surface area contributed by atoms with Crippen LogP contribution in [-0.2, 0) is 16.0 Å². The van der Waals surface area contributed by atoms with Crippen molar-refractivity contribution in [2.24, 2.45) is 5.92 Å². The largest absolute Gasteiger partial charge is 0.375 e. The zero-order chi connectivity index (χ0) is 16.9. The van der Waals surface area contributed by atoms with Gasteiger partial charge in [0.2, 0.25) is 5.91 Å². The normalized spacial score (nSPS) is 30.5. The Labute approximate surface area is 145 Å². The molecule has 132 valence electrons. The first kappa shape index (κ1) is 17.4. The number of benzene rings is 1. The van der Waals surface area contributed by atoms with Gasteiger partial charge in [-0.25, -0.2) is 0 Å². The van der Waals surface area contributed by atoms with Crippen LogP contribution in [0.5, 0.6) is 0 Å². The summed E-state index contributed by atoms with van der Waals surface area (Å²) in [6.45, 7) is 7.12. The highest BCUT2D eigenvalue weighted by Gasteiger charge is 2.28. The molecule has 0 radical (unpaired) electrons. The van der Waals surface area contributed by atoms with Crippen molar-refractivity contribution >= 4 is 5.91 Å². The van der Waals surface area contributed by atoms with E-state index in [-0.39, 0.29) is 5.91 Å². The second-order valence-corrected chi connectivity index (χ2v) is 7.49. The number of ether oxygens (including phenoxy) is 1. The first-order valence-corrected chi connectivity index (χ1v) is 9.30. The Bertz CT molecular complexity index is 524. The minimum Gasteiger partial charge on any atom is -0.375 e. The van der Waals surface area contributed by atoms with Gasteiger partial charge in [-0.05, 0) is 51.1 Å². The molecule has 0 aliphatic carbocycles. The molecule has 2 aliphatic heterocycles. The van der Waals surface area contributed by atoms with Crippen LogP contribution in [0.15, 0.2) is 30.3 Å². The van der Waals surface area contributed by atoms with E-state index in [1.165, 1.54) is 0 Å². The third kappa shape index (κ3) is 4.81. The van der Waals surface area contributed by atoms with Crippen LogP contribution in [0.2, 0.25) is 0 Å². The molecule has 2 saturated heterocycles. The third-order valence-corrected chi connectivity index (χ3v) is 5.23. The van der Waals surface area contributed by atoms with Crippen LogP contribution in [-0.4, -0.2) is 48.7 Å². The van der Waals surface area contributed by atoms with Crippen molar-refractivity contribution in [2.75, 3.05) is 19.6 Å². The Morgan fingerprint density at radius 1 is 1.21 bits per heavy atom. The predicted octanol–water partition coefficient (Wildman–Crippen LogP) is 2.62. The van der Waals surface area contributed by atoms with Gasteiger partial charge in [-0.2, -0.15) is 0 Å². The Hall–Kier alpha value is -1.39. The summed E-state index contributed by atoms with van der Waals surface area (Å²) >= 11 is 0. The molecule has 24 heavy (non-hydrogen) atoms.